The van der Waals surface area contributed by atoms with E-state index in [1.165, 1.54) is 0 Å². The lowest BCUT2D eigenvalue weighted by atomic mass is 10.2. The number of carbonyl (C=O) groups excluding carboxylic acids is 2. The monoisotopic (exact) mass is 506 g/mol. The van der Waals surface area contributed by atoms with E-state index in [4.69, 9.17) is 14.0 Å². The summed E-state index contributed by atoms with van der Waals surface area (Å²) in [5, 5.41) is 13.2. The zero-order valence-corrected chi connectivity index (χ0v) is 19.2. The summed E-state index contributed by atoms with van der Waals surface area (Å²) < 4.78 is 18.4. The smallest absolute Gasteiger partial charge is 0.316 e. The first-order valence-corrected chi connectivity index (χ1v) is 10.8. The largest absolute Gasteiger partial charge is 0.490 e. The van der Waals surface area contributed by atoms with Gasteiger partial charge >= 0.3 is 11.8 Å². The first-order chi connectivity index (χ1) is 15.5. The average Bonchev–Trinajstić information content (AvgIpc) is 3.41. The van der Waals surface area contributed by atoms with Gasteiger partial charge in [-0.15, -0.1) is 0 Å². The van der Waals surface area contributed by atoms with Gasteiger partial charge in [-0.1, -0.05) is 5.16 Å². The van der Waals surface area contributed by atoms with Crippen LogP contribution >= 0.6 is 15.9 Å². The lowest BCUT2D eigenvalue weighted by Crippen LogP contribution is -2.34. The van der Waals surface area contributed by atoms with Gasteiger partial charge in [0.1, 0.15) is 6.54 Å². The fourth-order valence-corrected chi connectivity index (χ4v) is 3.03. The fourth-order valence-electron chi connectivity index (χ4n) is 2.70. The molecule has 3 aromatic rings. The zero-order valence-electron chi connectivity index (χ0n) is 17.6. The molecule has 2 aromatic heterocycles. The number of benzene rings is 1. The van der Waals surface area contributed by atoms with Crippen molar-refractivity contribution in [2.45, 2.75) is 20.4 Å². The van der Waals surface area contributed by atoms with E-state index < -0.39 is 5.91 Å². The average molecular weight is 507 g/mol. The number of ether oxygens (including phenoxy) is 2. The molecule has 12 heteroatoms. The van der Waals surface area contributed by atoms with Crippen molar-refractivity contribution >= 4 is 27.7 Å². The van der Waals surface area contributed by atoms with Crippen molar-refractivity contribution in [3.8, 4) is 11.5 Å². The van der Waals surface area contributed by atoms with Crippen LogP contribution in [0.2, 0.25) is 0 Å². The van der Waals surface area contributed by atoms with Gasteiger partial charge in [-0.05, 0) is 48.0 Å². The van der Waals surface area contributed by atoms with Crippen LogP contribution in [0.15, 0.2) is 39.6 Å². The van der Waals surface area contributed by atoms with Gasteiger partial charge in [0.15, 0.2) is 17.3 Å². The van der Waals surface area contributed by atoms with E-state index in [0.717, 1.165) is 4.47 Å². The van der Waals surface area contributed by atoms with E-state index in [1.54, 1.807) is 35.3 Å². The zero-order chi connectivity index (χ0) is 22.9. The van der Waals surface area contributed by atoms with Gasteiger partial charge in [0.2, 0.25) is 0 Å². The lowest BCUT2D eigenvalue weighted by Gasteiger charge is -2.12. The number of hydrogen-bond acceptors (Lipinski definition) is 8. The quantitative estimate of drug-likeness (QED) is 0.377. The second-order valence-corrected chi connectivity index (χ2v) is 7.33. The molecule has 0 spiro atoms. The Morgan fingerprint density at radius 1 is 1.09 bits per heavy atom. The molecule has 0 bridgehead atoms. The van der Waals surface area contributed by atoms with Crippen LogP contribution in [0, 0.1) is 0 Å². The van der Waals surface area contributed by atoms with Crippen molar-refractivity contribution in [3.05, 3.63) is 52.3 Å². The highest BCUT2D eigenvalue weighted by Gasteiger charge is 2.16. The lowest BCUT2D eigenvalue weighted by molar-refractivity contribution is 0.0898. The van der Waals surface area contributed by atoms with Gasteiger partial charge in [0.25, 0.3) is 5.91 Å². The Kier molecular flexibility index (Phi) is 8.20. The number of halogens is 1. The summed E-state index contributed by atoms with van der Waals surface area (Å²) in [7, 11) is 0. The minimum absolute atomic E-state index is 0.162. The Balaban J connectivity index is 1.46. The molecule has 0 aliphatic rings. The summed E-state index contributed by atoms with van der Waals surface area (Å²) in [6.45, 7) is 5.34. The first kappa shape index (κ1) is 23.3. The van der Waals surface area contributed by atoms with Crippen molar-refractivity contribution in [3.63, 3.8) is 0 Å². The highest BCUT2D eigenvalue weighted by molar-refractivity contribution is 9.10. The number of hydrogen-bond donors (Lipinski definition) is 2. The van der Waals surface area contributed by atoms with Crippen molar-refractivity contribution in [2.75, 3.05) is 26.3 Å². The van der Waals surface area contributed by atoms with E-state index in [1.807, 2.05) is 13.8 Å². The van der Waals surface area contributed by atoms with Crippen molar-refractivity contribution in [2.24, 2.45) is 0 Å². The Hall–Kier alpha value is -3.41. The van der Waals surface area contributed by atoms with Crippen molar-refractivity contribution in [1.29, 1.82) is 0 Å². The second-order valence-electron chi connectivity index (χ2n) is 6.41. The summed E-state index contributed by atoms with van der Waals surface area (Å²) in [5.41, 5.74) is 0.426. The second kappa shape index (κ2) is 11.3. The Morgan fingerprint density at radius 3 is 2.50 bits per heavy atom. The molecule has 170 valence electrons. The van der Waals surface area contributed by atoms with Gasteiger partial charge in [-0.25, -0.2) is 0 Å². The maximum Gasteiger partial charge on any atom is 0.316 e. The number of aromatic nitrogens is 4. The van der Waals surface area contributed by atoms with Gasteiger partial charge in [0, 0.05) is 24.8 Å². The van der Waals surface area contributed by atoms with Gasteiger partial charge in [-0.2, -0.15) is 10.1 Å². The normalized spacial score (nSPS) is 10.6. The van der Waals surface area contributed by atoms with Crippen LogP contribution in [-0.4, -0.2) is 58.0 Å². The van der Waals surface area contributed by atoms with Crippen LogP contribution in [0.3, 0.4) is 0 Å². The molecule has 32 heavy (non-hydrogen) atoms. The van der Waals surface area contributed by atoms with E-state index in [-0.39, 0.29) is 31.4 Å². The van der Waals surface area contributed by atoms with Crippen LogP contribution in [0.5, 0.6) is 11.5 Å². The standard InChI is InChI=1S/C20H23BrN6O5/c1-3-30-15-6-5-13(9-16(15)31-4-2)18(28)22-7-8-23-19(29)20-25-17(26-32-20)12-27-11-14(21)10-24-27/h5-6,9-11H,3-4,7-8,12H2,1-2H3,(H,22,28)(H,23,29). The van der Waals surface area contributed by atoms with Gasteiger partial charge < -0.3 is 24.6 Å². The van der Waals surface area contributed by atoms with Crippen LogP contribution in [0.4, 0.5) is 0 Å². The van der Waals surface area contributed by atoms with Crippen molar-refractivity contribution in [1.82, 2.24) is 30.6 Å². The van der Waals surface area contributed by atoms with E-state index in [2.05, 4.69) is 41.8 Å². The molecule has 1 aromatic carbocycles. The SMILES string of the molecule is CCOc1ccc(C(=O)NCCNC(=O)c2nc(Cn3cc(Br)cn3)no2)cc1OCC. The molecule has 0 aliphatic heterocycles. The summed E-state index contributed by atoms with van der Waals surface area (Å²) in [5.74, 6) is 0.417. The maximum atomic E-state index is 12.4. The summed E-state index contributed by atoms with van der Waals surface area (Å²) in [6.07, 6.45) is 3.38. The molecule has 0 radical (unpaired) electrons. The third kappa shape index (κ3) is 6.30. The minimum atomic E-state index is -0.528. The molecule has 0 saturated carbocycles. The Morgan fingerprint density at radius 2 is 1.81 bits per heavy atom. The maximum absolute atomic E-state index is 12.4. The molecule has 2 N–H and O–H groups in total. The highest BCUT2D eigenvalue weighted by atomic mass is 79.9. The molecular formula is C20H23BrN6O5. The Labute approximate surface area is 192 Å². The molecule has 0 saturated heterocycles. The van der Waals surface area contributed by atoms with E-state index in [9.17, 15) is 9.59 Å². The molecular weight excluding hydrogens is 484 g/mol. The van der Waals surface area contributed by atoms with E-state index in [0.29, 0.717) is 36.1 Å². The molecule has 2 heterocycles. The summed E-state index contributed by atoms with van der Waals surface area (Å²) in [6, 6.07) is 4.97. The highest BCUT2D eigenvalue weighted by Crippen LogP contribution is 2.28. The number of rotatable bonds is 11. The summed E-state index contributed by atoms with van der Waals surface area (Å²) >= 11 is 3.30. The molecule has 2 amide bonds. The van der Waals surface area contributed by atoms with Crippen LogP contribution in [0.1, 0.15) is 40.7 Å². The van der Waals surface area contributed by atoms with Gasteiger partial charge in [0.05, 0.1) is 23.9 Å². The molecule has 0 atom stereocenters. The number of amides is 2. The van der Waals surface area contributed by atoms with Gasteiger partial charge in [-0.3, -0.25) is 14.3 Å². The van der Waals surface area contributed by atoms with Crippen LogP contribution < -0.4 is 20.1 Å². The predicted molar refractivity (Wildman–Crippen MR) is 117 cm³/mol. The Bertz CT molecular complexity index is 1070. The summed E-state index contributed by atoms with van der Waals surface area (Å²) in [4.78, 5) is 28.6. The molecule has 0 unspecified atom stereocenters. The minimum Gasteiger partial charge on any atom is -0.490 e. The van der Waals surface area contributed by atoms with Crippen LogP contribution in [0.25, 0.3) is 0 Å². The topological polar surface area (TPSA) is 133 Å². The molecule has 0 fully saturated rings. The third-order valence-electron chi connectivity index (χ3n) is 4.07. The third-order valence-corrected chi connectivity index (χ3v) is 4.48. The fraction of sp³-hybridized carbons (Fsp3) is 0.350. The number of nitrogens with zero attached hydrogens (tertiary/aromatic N) is 4. The van der Waals surface area contributed by atoms with Crippen molar-refractivity contribution < 1.29 is 23.6 Å². The number of nitrogens with one attached hydrogen (secondary N) is 2. The molecule has 11 nitrogen and oxygen atoms in total. The first-order valence-electron chi connectivity index (χ1n) is 9.96. The van der Waals surface area contributed by atoms with Crippen LogP contribution in [-0.2, 0) is 6.54 Å². The predicted octanol–water partition coefficient (Wildman–Crippen LogP) is 2.03. The molecule has 0 aliphatic carbocycles. The number of carbonyl (C=O) groups is 2. The molecule has 3 rings (SSSR count). The van der Waals surface area contributed by atoms with E-state index >= 15 is 0 Å².